The maximum Gasteiger partial charge on any atom is 0.156 e. The van der Waals surface area contributed by atoms with Crippen molar-refractivity contribution in [1.82, 2.24) is 10.2 Å². The van der Waals surface area contributed by atoms with Crippen LogP contribution in [0.5, 0.6) is 0 Å². The van der Waals surface area contributed by atoms with Crippen molar-refractivity contribution in [2.75, 3.05) is 38.5 Å². The van der Waals surface area contributed by atoms with Gasteiger partial charge in [0.1, 0.15) is 0 Å². The Labute approximate surface area is 101 Å². The average molecular weight is 241 g/mol. The Kier molecular flexibility index (Phi) is 3.35. The summed E-state index contributed by atoms with van der Waals surface area (Å²) in [6.07, 6.45) is 3.01. The van der Waals surface area contributed by atoms with E-state index in [9.17, 15) is 0 Å². The number of rotatable bonds is 2. The Hall–Kier alpha value is -0.260. The lowest BCUT2D eigenvalue weighted by Crippen LogP contribution is -2.49. The average Bonchev–Trinajstić information content (AvgIpc) is 2.97. The van der Waals surface area contributed by atoms with Crippen molar-refractivity contribution >= 4 is 16.9 Å². The van der Waals surface area contributed by atoms with E-state index in [1.807, 2.05) is 11.8 Å². The molecule has 2 fully saturated rings. The van der Waals surface area contributed by atoms with Crippen LogP contribution in [0.25, 0.3) is 0 Å². The van der Waals surface area contributed by atoms with Gasteiger partial charge in [0.25, 0.3) is 0 Å². The molecule has 16 heavy (non-hydrogen) atoms. The summed E-state index contributed by atoms with van der Waals surface area (Å²) in [5, 5.41) is 4.50. The number of aliphatic imine (C=N–C) groups is 1. The second-order valence-electron chi connectivity index (χ2n) is 4.66. The monoisotopic (exact) mass is 241 g/mol. The molecule has 0 amide bonds. The molecule has 90 valence electrons. The fraction of sp³-hybridized carbons (Fsp3) is 0.909. The standard InChI is InChI=1S/C11H19N3OS/c1-2-9-8-15-10(7-14(9)4-1)6-13-11-12-3-5-16-11/h9-10H,1-8H2,(H,12,13). The number of fused-ring (bicyclic) bond motifs is 1. The molecule has 0 aromatic heterocycles. The van der Waals surface area contributed by atoms with Crippen molar-refractivity contribution in [3.8, 4) is 0 Å². The predicted molar refractivity (Wildman–Crippen MR) is 67.1 cm³/mol. The number of morpholine rings is 1. The van der Waals surface area contributed by atoms with Gasteiger partial charge < -0.3 is 10.1 Å². The Morgan fingerprint density at radius 2 is 2.56 bits per heavy atom. The van der Waals surface area contributed by atoms with Crippen molar-refractivity contribution in [1.29, 1.82) is 0 Å². The third-order valence-corrected chi connectivity index (χ3v) is 4.46. The smallest absolute Gasteiger partial charge is 0.156 e. The molecule has 1 N–H and O–H groups in total. The highest BCUT2D eigenvalue weighted by Crippen LogP contribution is 2.22. The zero-order valence-electron chi connectivity index (χ0n) is 9.52. The number of nitrogens with one attached hydrogen (secondary N) is 1. The van der Waals surface area contributed by atoms with Gasteiger partial charge in [0.2, 0.25) is 0 Å². The Morgan fingerprint density at radius 1 is 1.56 bits per heavy atom. The molecule has 0 radical (unpaired) electrons. The van der Waals surface area contributed by atoms with Gasteiger partial charge in [0.05, 0.1) is 19.3 Å². The molecule has 0 aromatic rings. The fourth-order valence-electron chi connectivity index (χ4n) is 2.65. The van der Waals surface area contributed by atoms with Gasteiger partial charge in [-0.3, -0.25) is 9.89 Å². The predicted octanol–water partition coefficient (Wildman–Crippen LogP) is 0.542. The molecule has 3 heterocycles. The van der Waals surface area contributed by atoms with Gasteiger partial charge in [-0.05, 0) is 19.4 Å². The van der Waals surface area contributed by atoms with Crippen LogP contribution in [0.15, 0.2) is 4.99 Å². The largest absolute Gasteiger partial charge is 0.373 e. The van der Waals surface area contributed by atoms with Gasteiger partial charge in [-0.2, -0.15) is 0 Å². The van der Waals surface area contributed by atoms with E-state index in [4.69, 9.17) is 4.74 Å². The Balaban J connectivity index is 1.45. The number of nitrogens with zero attached hydrogens (tertiary/aromatic N) is 2. The first-order valence-corrected chi connectivity index (χ1v) is 7.17. The van der Waals surface area contributed by atoms with Crippen LogP contribution in [0, 0.1) is 0 Å². The highest BCUT2D eigenvalue weighted by Gasteiger charge is 2.32. The number of ether oxygens (including phenoxy) is 1. The lowest BCUT2D eigenvalue weighted by Gasteiger charge is -2.35. The van der Waals surface area contributed by atoms with E-state index in [0.717, 1.165) is 37.2 Å². The molecular weight excluding hydrogens is 222 g/mol. The fourth-order valence-corrected chi connectivity index (χ4v) is 3.40. The van der Waals surface area contributed by atoms with E-state index < -0.39 is 0 Å². The molecule has 3 aliphatic heterocycles. The molecule has 2 saturated heterocycles. The van der Waals surface area contributed by atoms with Crippen molar-refractivity contribution in [3.63, 3.8) is 0 Å². The first kappa shape index (κ1) is 10.9. The zero-order chi connectivity index (χ0) is 10.8. The van der Waals surface area contributed by atoms with Crippen LogP contribution in [0.3, 0.4) is 0 Å². The van der Waals surface area contributed by atoms with Crippen LogP contribution in [-0.2, 0) is 4.74 Å². The topological polar surface area (TPSA) is 36.9 Å². The van der Waals surface area contributed by atoms with Gasteiger partial charge in [-0.1, -0.05) is 11.8 Å². The van der Waals surface area contributed by atoms with Crippen molar-refractivity contribution < 1.29 is 4.74 Å². The quantitative estimate of drug-likeness (QED) is 0.766. The molecule has 3 aliphatic rings. The van der Waals surface area contributed by atoms with E-state index in [0.29, 0.717) is 12.1 Å². The van der Waals surface area contributed by atoms with Gasteiger partial charge in [-0.15, -0.1) is 0 Å². The van der Waals surface area contributed by atoms with Crippen molar-refractivity contribution in [2.45, 2.75) is 25.0 Å². The van der Waals surface area contributed by atoms with Crippen LogP contribution in [-0.4, -0.2) is 60.8 Å². The maximum absolute atomic E-state index is 5.88. The van der Waals surface area contributed by atoms with E-state index in [1.54, 1.807) is 0 Å². The minimum atomic E-state index is 0.346. The summed E-state index contributed by atoms with van der Waals surface area (Å²) in [5.41, 5.74) is 0. The van der Waals surface area contributed by atoms with E-state index in [1.165, 1.54) is 19.4 Å². The van der Waals surface area contributed by atoms with Crippen molar-refractivity contribution in [2.24, 2.45) is 4.99 Å². The molecule has 4 nitrogen and oxygen atoms in total. The SMILES string of the molecule is C1CC2COC(CNC3=NCCS3)CN2C1. The first-order valence-electron chi connectivity index (χ1n) is 6.18. The van der Waals surface area contributed by atoms with Crippen LogP contribution in [0.2, 0.25) is 0 Å². The minimum Gasteiger partial charge on any atom is -0.373 e. The number of amidine groups is 1. The summed E-state index contributed by atoms with van der Waals surface area (Å²) in [6.45, 7) is 5.16. The van der Waals surface area contributed by atoms with Crippen LogP contribution < -0.4 is 5.32 Å². The van der Waals surface area contributed by atoms with Gasteiger partial charge >= 0.3 is 0 Å². The van der Waals surface area contributed by atoms with E-state index in [2.05, 4.69) is 15.2 Å². The zero-order valence-corrected chi connectivity index (χ0v) is 10.3. The van der Waals surface area contributed by atoms with Crippen LogP contribution in [0.1, 0.15) is 12.8 Å². The lowest BCUT2D eigenvalue weighted by atomic mass is 10.2. The summed E-state index contributed by atoms with van der Waals surface area (Å²) in [4.78, 5) is 6.97. The molecule has 0 bridgehead atoms. The Bertz CT molecular complexity index is 284. The summed E-state index contributed by atoms with van der Waals surface area (Å²) < 4.78 is 5.88. The highest BCUT2D eigenvalue weighted by atomic mass is 32.2. The van der Waals surface area contributed by atoms with Gasteiger partial charge in [-0.25, -0.2) is 0 Å². The minimum absolute atomic E-state index is 0.346. The molecule has 0 saturated carbocycles. The molecule has 2 atom stereocenters. The van der Waals surface area contributed by atoms with E-state index >= 15 is 0 Å². The normalized spacial score (nSPS) is 34.9. The summed E-state index contributed by atoms with van der Waals surface area (Å²) >= 11 is 1.82. The van der Waals surface area contributed by atoms with Gasteiger partial charge in [0.15, 0.2) is 5.17 Å². The molecular formula is C11H19N3OS. The lowest BCUT2D eigenvalue weighted by molar-refractivity contribution is -0.0451. The molecule has 0 aromatic carbocycles. The summed E-state index contributed by atoms with van der Waals surface area (Å²) in [7, 11) is 0. The molecule has 0 aliphatic carbocycles. The summed E-state index contributed by atoms with van der Waals surface area (Å²) in [5.74, 6) is 1.13. The molecule has 2 unspecified atom stereocenters. The molecule has 3 rings (SSSR count). The first-order chi connectivity index (χ1) is 7.92. The Morgan fingerprint density at radius 3 is 3.44 bits per heavy atom. The summed E-state index contributed by atoms with van der Waals surface area (Å²) in [6, 6.07) is 0.703. The second kappa shape index (κ2) is 4.94. The van der Waals surface area contributed by atoms with Crippen LogP contribution >= 0.6 is 11.8 Å². The highest BCUT2D eigenvalue weighted by molar-refractivity contribution is 8.14. The molecule has 5 heteroatoms. The second-order valence-corrected chi connectivity index (χ2v) is 5.75. The molecule has 0 spiro atoms. The maximum atomic E-state index is 5.88. The number of hydrogen-bond acceptors (Lipinski definition) is 5. The van der Waals surface area contributed by atoms with Gasteiger partial charge in [0, 0.05) is 24.9 Å². The number of hydrogen-bond donors (Lipinski definition) is 1. The van der Waals surface area contributed by atoms with Crippen LogP contribution in [0.4, 0.5) is 0 Å². The van der Waals surface area contributed by atoms with Crippen molar-refractivity contribution in [3.05, 3.63) is 0 Å². The third-order valence-electron chi connectivity index (χ3n) is 3.53. The van der Waals surface area contributed by atoms with E-state index in [-0.39, 0.29) is 0 Å². The number of thioether (sulfide) groups is 1. The third kappa shape index (κ3) is 2.36.